The van der Waals surface area contributed by atoms with Crippen molar-refractivity contribution in [3.63, 3.8) is 0 Å². The van der Waals surface area contributed by atoms with Gasteiger partial charge in [-0.05, 0) is 24.6 Å². The summed E-state index contributed by atoms with van der Waals surface area (Å²) in [6, 6.07) is 16.8. The van der Waals surface area contributed by atoms with Gasteiger partial charge in [-0.3, -0.25) is 4.99 Å². The minimum absolute atomic E-state index is 0. The Labute approximate surface area is 184 Å². The van der Waals surface area contributed by atoms with Crippen molar-refractivity contribution in [2.24, 2.45) is 4.99 Å². The molecule has 0 spiro atoms. The van der Waals surface area contributed by atoms with E-state index < -0.39 is 0 Å². The first-order chi connectivity index (χ1) is 13.2. The van der Waals surface area contributed by atoms with Gasteiger partial charge < -0.3 is 25.0 Å². The molecule has 152 valence electrons. The van der Waals surface area contributed by atoms with Gasteiger partial charge >= 0.3 is 0 Å². The van der Waals surface area contributed by atoms with Gasteiger partial charge in [0.1, 0.15) is 0 Å². The first kappa shape index (κ1) is 22.1. The van der Waals surface area contributed by atoms with Gasteiger partial charge in [-0.25, -0.2) is 0 Å². The molecule has 0 aliphatic carbocycles. The van der Waals surface area contributed by atoms with Crippen LogP contribution in [0.5, 0.6) is 11.5 Å². The number of hydrogen-bond acceptors (Lipinski definition) is 4. The maximum atomic E-state index is 5.50. The predicted molar refractivity (Wildman–Crippen MR) is 125 cm³/mol. The number of guanidine groups is 1. The number of ether oxygens (including phenoxy) is 2. The summed E-state index contributed by atoms with van der Waals surface area (Å²) in [5, 5.41) is 6.90. The van der Waals surface area contributed by atoms with Crippen molar-refractivity contribution >= 4 is 35.6 Å². The van der Waals surface area contributed by atoms with Crippen LogP contribution in [0.25, 0.3) is 0 Å². The van der Waals surface area contributed by atoms with Gasteiger partial charge in [0.05, 0.1) is 14.2 Å². The van der Waals surface area contributed by atoms with Crippen LogP contribution in [0.4, 0.5) is 5.69 Å². The Morgan fingerprint density at radius 3 is 2.57 bits per heavy atom. The molecule has 2 aromatic carbocycles. The van der Waals surface area contributed by atoms with E-state index in [9.17, 15) is 0 Å². The smallest absolute Gasteiger partial charge is 0.191 e. The van der Waals surface area contributed by atoms with Crippen molar-refractivity contribution in [2.75, 3.05) is 39.3 Å². The number of benzene rings is 2. The Balaban J connectivity index is 0.00000280. The second-order valence-electron chi connectivity index (χ2n) is 6.49. The van der Waals surface area contributed by atoms with Crippen molar-refractivity contribution in [1.29, 1.82) is 0 Å². The van der Waals surface area contributed by atoms with E-state index in [1.807, 2.05) is 24.3 Å². The summed E-state index contributed by atoms with van der Waals surface area (Å²) < 4.78 is 10.9. The number of rotatable bonds is 6. The monoisotopic (exact) mass is 496 g/mol. The molecule has 7 heteroatoms. The molecule has 1 atom stereocenters. The third-order valence-corrected chi connectivity index (χ3v) is 4.80. The molecular formula is C21H29IN4O2. The Morgan fingerprint density at radius 1 is 1.11 bits per heavy atom. The van der Waals surface area contributed by atoms with Crippen LogP contribution >= 0.6 is 24.0 Å². The van der Waals surface area contributed by atoms with Crippen molar-refractivity contribution in [1.82, 2.24) is 10.6 Å². The first-order valence-corrected chi connectivity index (χ1v) is 9.22. The molecule has 0 bridgehead atoms. The van der Waals surface area contributed by atoms with Crippen LogP contribution in [-0.4, -0.2) is 46.4 Å². The second-order valence-corrected chi connectivity index (χ2v) is 6.49. The topological polar surface area (TPSA) is 58.1 Å². The van der Waals surface area contributed by atoms with E-state index in [0.717, 1.165) is 42.5 Å². The largest absolute Gasteiger partial charge is 0.493 e. The van der Waals surface area contributed by atoms with Crippen LogP contribution in [0.15, 0.2) is 53.5 Å². The Morgan fingerprint density at radius 2 is 1.89 bits per heavy atom. The third-order valence-electron chi connectivity index (χ3n) is 4.80. The maximum Gasteiger partial charge on any atom is 0.191 e. The fourth-order valence-electron chi connectivity index (χ4n) is 3.41. The number of nitrogens with zero attached hydrogens (tertiary/aromatic N) is 2. The zero-order valence-electron chi connectivity index (χ0n) is 16.6. The average molecular weight is 496 g/mol. The molecule has 1 fully saturated rings. The molecule has 0 amide bonds. The zero-order chi connectivity index (χ0) is 19.1. The quantitative estimate of drug-likeness (QED) is 0.366. The van der Waals surface area contributed by atoms with Crippen molar-refractivity contribution < 1.29 is 9.47 Å². The highest BCUT2D eigenvalue weighted by atomic mass is 127. The van der Waals surface area contributed by atoms with Gasteiger partial charge in [0, 0.05) is 44.0 Å². The molecule has 1 heterocycles. The number of methoxy groups -OCH3 is 2. The van der Waals surface area contributed by atoms with Crippen LogP contribution in [0, 0.1) is 0 Å². The van der Waals surface area contributed by atoms with E-state index in [1.54, 1.807) is 21.3 Å². The Hall–Kier alpha value is -2.16. The van der Waals surface area contributed by atoms with E-state index in [4.69, 9.17) is 9.47 Å². The van der Waals surface area contributed by atoms with Crippen LogP contribution in [0.2, 0.25) is 0 Å². The number of anilines is 1. The maximum absolute atomic E-state index is 5.50. The van der Waals surface area contributed by atoms with E-state index in [0.29, 0.717) is 12.6 Å². The molecular weight excluding hydrogens is 467 g/mol. The highest BCUT2D eigenvalue weighted by Crippen LogP contribution is 2.30. The lowest BCUT2D eigenvalue weighted by molar-refractivity contribution is 0.351. The molecule has 6 nitrogen and oxygen atoms in total. The lowest BCUT2D eigenvalue weighted by Gasteiger charge is -2.20. The molecule has 3 rings (SSSR count). The van der Waals surface area contributed by atoms with E-state index in [2.05, 4.69) is 44.8 Å². The Kier molecular flexibility index (Phi) is 8.69. The van der Waals surface area contributed by atoms with Crippen LogP contribution < -0.4 is 25.0 Å². The number of hydrogen-bond donors (Lipinski definition) is 2. The molecule has 0 radical (unpaired) electrons. The summed E-state index contributed by atoms with van der Waals surface area (Å²) in [7, 11) is 5.10. The predicted octanol–water partition coefficient (Wildman–Crippen LogP) is 3.27. The highest BCUT2D eigenvalue weighted by Gasteiger charge is 2.23. The minimum atomic E-state index is 0. The van der Waals surface area contributed by atoms with Crippen LogP contribution in [0.1, 0.15) is 12.0 Å². The summed E-state index contributed by atoms with van der Waals surface area (Å²) in [6.07, 6.45) is 1.08. The molecule has 1 aliphatic heterocycles. The molecule has 0 aromatic heterocycles. The van der Waals surface area contributed by atoms with E-state index in [1.165, 1.54) is 5.69 Å². The summed E-state index contributed by atoms with van der Waals surface area (Å²) in [5.41, 5.74) is 2.29. The zero-order valence-corrected chi connectivity index (χ0v) is 19.0. The van der Waals surface area contributed by atoms with Gasteiger partial charge in [0.25, 0.3) is 0 Å². The summed E-state index contributed by atoms with van der Waals surface area (Å²) in [6.45, 7) is 2.62. The summed E-state index contributed by atoms with van der Waals surface area (Å²) >= 11 is 0. The third kappa shape index (κ3) is 5.43. The van der Waals surface area contributed by atoms with Crippen molar-refractivity contribution in [3.8, 4) is 11.5 Å². The molecule has 2 aromatic rings. The molecule has 1 unspecified atom stereocenters. The normalized spacial score (nSPS) is 16.3. The fourth-order valence-corrected chi connectivity index (χ4v) is 3.41. The molecule has 2 N–H and O–H groups in total. The standard InChI is InChI=1S/C21H28N4O2.HI/c1-22-21(23-14-16-8-7-11-19(26-2)20(16)27-3)24-17-12-13-25(15-17)18-9-5-4-6-10-18;/h4-11,17H,12-15H2,1-3H3,(H2,22,23,24);1H. The van der Waals surface area contributed by atoms with Gasteiger partial charge in [0.2, 0.25) is 0 Å². The first-order valence-electron chi connectivity index (χ1n) is 9.22. The van der Waals surface area contributed by atoms with Crippen molar-refractivity contribution in [2.45, 2.75) is 19.0 Å². The number of aliphatic imine (C=N–C) groups is 1. The SMILES string of the molecule is CN=C(NCc1cccc(OC)c1OC)NC1CCN(c2ccccc2)C1.I. The molecule has 28 heavy (non-hydrogen) atoms. The number of nitrogens with one attached hydrogen (secondary N) is 2. The number of halogens is 1. The van der Waals surface area contributed by atoms with E-state index in [-0.39, 0.29) is 24.0 Å². The second kappa shape index (κ2) is 11.0. The molecule has 1 aliphatic rings. The minimum Gasteiger partial charge on any atom is -0.493 e. The molecule has 0 saturated carbocycles. The summed E-state index contributed by atoms with van der Waals surface area (Å²) in [4.78, 5) is 6.77. The van der Waals surface area contributed by atoms with Crippen LogP contribution in [-0.2, 0) is 6.54 Å². The Bertz CT molecular complexity index is 770. The van der Waals surface area contributed by atoms with Gasteiger partial charge in [-0.1, -0.05) is 30.3 Å². The van der Waals surface area contributed by atoms with Crippen molar-refractivity contribution in [3.05, 3.63) is 54.1 Å². The summed E-state index contributed by atoms with van der Waals surface area (Å²) in [5.74, 6) is 2.27. The van der Waals surface area contributed by atoms with E-state index >= 15 is 0 Å². The lowest BCUT2D eigenvalue weighted by atomic mass is 10.2. The van der Waals surface area contributed by atoms with Crippen LogP contribution in [0.3, 0.4) is 0 Å². The fraction of sp³-hybridized carbons (Fsp3) is 0.381. The van der Waals surface area contributed by atoms with Gasteiger partial charge in [-0.2, -0.15) is 0 Å². The molecule has 1 saturated heterocycles. The van der Waals surface area contributed by atoms with Gasteiger partial charge in [0.15, 0.2) is 17.5 Å². The lowest BCUT2D eigenvalue weighted by Crippen LogP contribution is -2.44. The van der Waals surface area contributed by atoms with Gasteiger partial charge in [-0.15, -0.1) is 24.0 Å². The number of para-hydroxylation sites is 2. The average Bonchev–Trinajstić information content (AvgIpc) is 3.19. The highest BCUT2D eigenvalue weighted by molar-refractivity contribution is 14.0.